The number of nitrogens with one attached hydrogen (secondary N) is 1. The molecule has 1 fully saturated rings. The van der Waals surface area contributed by atoms with E-state index in [1.165, 1.54) is 0 Å². The highest BCUT2D eigenvalue weighted by atomic mass is 35.5. The first kappa shape index (κ1) is 19.1. The molecule has 1 aliphatic rings. The van der Waals surface area contributed by atoms with Crippen LogP contribution >= 0.6 is 24.0 Å². The molecule has 2 unspecified atom stereocenters. The lowest BCUT2D eigenvalue weighted by molar-refractivity contribution is -0.139. The predicted molar refractivity (Wildman–Crippen MR) is 92.2 cm³/mol. The van der Waals surface area contributed by atoms with Gasteiger partial charge in [-0.25, -0.2) is 0 Å². The molecule has 1 aliphatic heterocycles. The number of amides is 1. The number of hydrogen-bond donors (Lipinski definition) is 1. The van der Waals surface area contributed by atoms with Crippen molar-refractivity contribution in [3.05, 3.63) is 28.8 Å². The van der Waals surface area contributed by atoms with Crippen molar-refractivity contribution in [2.45, 2.75) is 38.8 Å². The van der Waals surface area contributed by atoms with Gasteiger partial charge < -0.3 is 15.0 Å². The van der Waals surface area contributed by atoms with Crippen LogP contribution < -0.4 is 10.1 Å². The average molecular weight is 347 g/mol. The van der Waals surface area contributed by atoms with E-state index in [0.29, 0.717) is 16.8 Å². The molecule has 0 saturated carbocycles. The molecule has 4 nitrogen and oxygen atoms in total. The first-order valence-corrected chi connectivity index (χ1v) is 7.78. The molecule has 0 radical (unpaired) electrons. The second kappa shape index (κ2) is 8.61. The first-order chi connectivity index (χ1) is 10.0. The molecule has 1 amide bonds. The molecule has 1 heterocycles. The van der Waals surface area contributed by atoms with Crippen molar-refractivity contribution in [1.29, 1.82) is 0 Å². The maximum Gasteiger partial charge on any atom is 0.263 e. The van der Waals surface area contributed by atoms with Crippen LogP contribution in [0.15, 0.2) is 18.2 Å². The van der Waals surface area contributed by atoms with Crippen molar-refractivity contribution in [2.75, 3.05) is 20.1 Å². The molecule has 2 atom stereocenters. The van der Waals surface area contributed by atoms with Crippen LogP contribution in [0.25, 0.3) is 0 Å². The number of likely N-dealkylation sites (N-methyl/N-ethyl adjacent to an activating group) is 1. The third kappa shape index (κ3) is 4.77. The van der Waals surface area contributed by atoms with Gasteiger partial charge in [-0.3, -0.25) is 4.79 Å². The topological polar surface area (TPSA) is 41.6 Å². The smallest absolute Gasteiger partial charge is 0.263 e. The average Bonchev–Trinajstić information content (AvgIpc) is 2.50. The Balaban J connectivity index is 0.00000242. The number of piperidine rings is 1. The molecule has 0 aromatic heterocycles. The minimum Gasteiger partial charge on any atom is -0.479 e. The third-order valence-electron chi connectivity index (χ3n) is 3.88. The van der Waals surface area contributed by atoms with Crippen LogP contribution in [0, 0.1) is 6.92 Å². The summed E-state index contributed by atoms with van der Waals surface area (Å²) >= 11 is 6.12. The third-order valence-corrected chi connectivity index (χ3v) is 4.19. The summed E-state index contributed by atoms with van der Waals surface area (Å²) in [5.41, 5.74) is 1.06. The number of nitrogens with zero attached hydrogens (tertiary/aromatic N) is 1. The lowest BCUT2D eigenvalue weighted by Crippen LogP contribution is -2.50. The summed E-state index contributed by atoms with van der Waals surface area (Å²) in [6.07, 6.45) is 1.61. The number of ether oxygens (including phenoxy) is 1. The predicted octanol–water partition coefficient (Wildman–Crippen LogP) is 3.05. The standard InChI is InChI=1S/C16H23ClN2O2.ClH/c1-11-6-7-14(17)15(9-11)21-12(2)16(20)19-8-4-5-13(10-19)18-3;/h6-7,9,12-13,18H,4-5,8,10H2,1-3H3;1H. The maximum absolute atomic E-state index is 12.5. The number of hydrogen-bond acceptors (Lipinski definition) is 3. The van der Waals surface area contributed by atoms with Crippen molar-refractivity contribution in [3.63, 3.8) is 0 Å². The van der Waals surface area contributed by atoms with Gasteiger partial charge in [0.25, 0.3) is 5.91 Å². The molecule has 1 saturated heterocycles. The Hall–Kier alpha value is -0.970. The quantitative estimate of drug-likeness (QED) is 0.910. The minimum atomic E-state index is -0.528. The second-order valence-corrected chi connectivity index (χ2v) is 6.01. The SMILES string of the molecule is CNC1CCCN(C(=O)C(C)Oc2cc(C)ccc2Cl)C1.Cl. The molecule has 0 bridgehead atoms. The van der Waals surface area contributed by atoms with Crippen LogP contribution in [0.4, 0.5) is 0 Å². The van der Waals surface area contributed by atoms with Gasteiger partial charge in [0.2, 0.25) is 0 Å². The van der Waals surface area contributed by atoms with Crippen molar-refractivity contribution in [1.82, 2.24) is 10.2 Å². The van der Waals surface area contributed by atoms with E-state index in [4.69, 9.17) is 16.3 Å². The molecule has 1 aromatic carbocycles. The van der Waals surface area contributed by atoms with Gasteiger partial charge >= 0.3 is 0 Å². The maximum atomic E-state index is 12.5. The zero-order chi connectivity index (χ0) is 15.4. The molecule has 1 N–H and O–H groups in total. The molecule has 1 aromatic rings. The van der Waals surface area contributed by atoms with Gasteiger partial charge in [0.05, 0.1) is 5.02 Å². The Labute approximate surface area is 143 Å². The summed E-state index contributed by atoms with van der Waals surface area (Å²) < 4.78 is 5.77. The first-order valence-electron chi connectivity index (χ1n) is 7.40. The molecule has 6 heteroatoms. The Morgan fingerprint density at radius 2 is 2.23 bits per heavy atom. The molecular formula is C16H24Cl2N2O2. The van der Waals surface area contributed by atoms with E-state index in [0.717, 1.165) is 31.5 Å². The Morgan fingerprint density at radius 1 is 1.50 bits per heavy atom. The fraction of sp³-hybridized carbons (Fsp3) is 0.562. The zero-order valence-electron chi connectivity index (χ0n) is 13.3. The van der Waals surface area contributed by atoms with E-state index in [1.54, 1.807) is 13.0 Å². The molecule has 124 valence electrons. The molecule has 22 heavy (non-hydrogen) atoms. The Bertz CT molecular complexity index is 511. The summed E-state index contributed by atoms with van der Waals surface area (Å²) in [6.45, 7) is 5.29. The summed E-state index contributed by atoms with van der Waals surface area (Å²) in [6, 6.07) is 5.95. The van der Waals surface area contributed by atoms with E-state index < -0.39 is 6.10 Å². The lowest BCUT2D eigenvalue weighted by atomic mass is 10.1. The summed E-state index contributed by atoms with van der Waals surface area (Å²) in [5, 5.41) is 3.77. The van der Waals surface area contributed by atoms with Crippen LogP contribution in [0.1, 0.15) is 25.3 Å². The van der Waals surface area contributed by atoms with Crippen LogP contribution in [0.5, 0.6) is 5.75 Å². The van der Waals surface area contributed by atoms with Crippen LogP contribution in [-0.2, 0) is 4.79 Å². The van der Waals surface area contributed by atoms with E-state index in [1.807, 2.05) is 31.0 Å². The van der Waals surface area contributed by atoms with Gasteiger partial charge in [-0.15, -0.1) is 12.4 Å². The number of carbonyl (C=O) groups is 1. The van der Waals surface area contributed by atoms with Gasteiger partial charge in [-0.05, 0) is 51.4 Å². The molecule has 2 rings (SSSR count). The molecular weight excluding hydrogens is 323 g/mol. The van der Waals surface area contributed by atoms with E-state index in [9.17, 15) is 4.79 Å². The fourth-order valence-electron chi connectivity index (χ4n) is 2.61. The van der Waals surface area contributed by atoms with Crippen LogP contribution in [-0.4, -0.2) is 43.1 Å². The molecule has 0 aliphatic carbocycles. The highest BCUT2D eigenvalue weighted by Gasteiger charge is 2.27. The Kier molecular flexibility index (Phi) is 7.46. The largest absolute Gasteiger partial charge is 0.479 e. The van der Waals surface area contributed by atoms with Gasteiger partial charge in [0.1, 0.15) is 5.75 Å². The zero-order valence-corrected chi connectivity index (χ0v) is 14.8. The number of benzene rings is 1. The van der Waals surface area contributed by atoms with E-state index in [2.05, 4.69) is 5.32 Å². The van der Waals surface area contributed by atoms with Gasteiger partial charge in [-0.2, -0.15) is 0 Å². The monoisotopic (exact) mass is 346 g/mol. The van der Waals surface area contributed by atoms with Crippen molar-refractivity contribution in [3.8, 4) is 5.75 Å². The van der Waals surface area contributed by atoms with Gasteiger partial charge in [0, 0.05) is 19.1 Å². The number of likely N-dealkylation sites (tertiary alicyclic amines) is 1. The normalized spacial score (nSPS) is 19.3. The lowest BCUT2D eigenvalue weighted by Gasteiger charge is -2.34. The van der Waals surface area contributed by atoms with Crippen LogP contribution in [0.3, 0.4) is 0 Å². The van der Waals surface area contributed by atoms with Gasteiger partial charge in [-0.1, -0.05) is 17.7 Å². The van der Waals surface area contributed by atoms with E-state index in [-0.39, 0.29) is 18.3 Å². The summed E-state index contributed by atoms with van der Waals surface area (Å²) in [4.78, 5) is 14.4. The van der Waals surface area contributed by atoms with E-state index >= 15 is 0 Å². The van der Waals surface area contributed by atoms with Crippen molar-refractivity contribution in [2.24, 2.45) is 0 Å². The fourth-order valence-corrected chi connectivity index (χ4v) is 2.77. The summed E-state index contributed by atoms with van der Waals surface area (Å²) in [5.74, 6) is 0.590. The minimum absolute atomic E-state index is 0. The number of carbonyl (C=O) groups excluding carboxylic acids is 1. The second-order valence-electron chi connectivity index (χ2n) is 5.61. The van der Waals surface area contributed by atoms with Crippen molar-refractivity contribution >= 4 is 29.9 Å². The van der Waals surface area contributed by atoms with Gasteiger partial charge in [0.15, 0.2) is 6.10 Å². The number of halogens is 2. The Morgan fingerprint density at radius 3 is 2.91 bits per heavy atom. The number of aryl methyl sites for hydroxylation is 1. The van der Waals surface area contributed by atoms with Crippen LogP contribution in [0.2, 0.25) is 5.02 Å². The summed E-state index contributed by atoms with van der Waals surface area (Å²) in [7, 11) is 1.94. The molecule has 0 spiro atoms. The highest BCUT2D eigenvalue weighted by Crippen LogP contribution is 2.26. The van der Waals surface area contributed by atoms with Crippen molar-refractivity contribution < 1.29 is 9.53 Å². The highest BCUT2D eigenvalue weighted by molar-refractivity contribution is 6.32. The number of rotatable bonds is 4.